The number of amides is 1. The lowest BCUT2D eigenvalue weighted by atomic mass is 10.1. The maximum absolute atomic E-state index is 12.3. The summed E-state index contributed by atoms with van der Waals surface area (Å²) in [5.41, 5.74) is 4.16. The topological polar surface area (TPSA) is 68.3 Å². The van der Waals surface area contributed by atoms with Crippen LogP contribution in [-0.4, -0.2) is 29.3 Å². The first-order valence-corrected chi connectivity index (χ1v) is 12.0. The zero-order valence-corrected chi connectivity index (χ0v) is 20.1. The largest absolute Gasteiger partial charge is 0.486 e. The maximum Gasteiger partial charge on any atom is 0.220 e. The number of rotatable bonds is 8. The number of Topliss-reactive ketones (excluding diaryl/α,β-unsaturated/α-hetero) is 1. The Balaban J connectivity index is 1.30. The van der Waals surface area contributed by atoms with E-state index < -0.39 is 0 Å². The van der Waals surface area contributed by atoms with E-state index in [4.69, 9.17) is 16.3 Å². The molecule has 1 N–H and O–H groups in total. The second kappa shape index (κ2) is 10.3. The first-order chi connectivity index (χ1) is 15.9. The minimum absolute atomic E-state index is 0.00748. The number of nitrogens with one attached hydrogen (secondary N) is 1. The fourth-order valence-corrected chi connectivity index (χ4v) is 4.95. The number of allylic oxidation sites excluding steroid dienone is 2. The lowest BCUT2D eigenvalue weighted by molar-refractivity contribution is -0.121. The van der Waals surface area contributed by atoms with Crippen LogP contribution in [0.15, 0.2) is 54.9 Å². The van der Waals surface area contributed by atoms with Crippen molar-refractivity contribution in [1.82, 2.24) is 10.3 Å². The third kappa shape index (κ3) is 5.70. The normalized spacial score (nSPS) is 15.1. The highest BCUT2D eigenvalue weighted by atomic mass is 35.5. The minimum atomic E-state index is -0.152. The lowest BCUT2D eigenvalue weighted by Crippen LogP contribution is -2.34. The Morgan fingerprint density at radius 1 is 1.27 bits per heavy atom. The van der Waals surface area contributed by atoms with Crippen LogP contribution in [0.25, 0.3) is 16.0 Å². The molecule has 1 amide bonds. The third-order valence-corrected chi connectivity index (χ3v) is 7.07. The van der Waals surface area contributed by atoms with Gasteiger partial charge in [-0.25, -0.2) is 0 Å². The molecule has 1 aromatic carbocycles. The van der Waals surface area contributed by atoms with E-state index in [-0.39, 0.29) is 17.8 Å². The SMILES string of the molecule is CC(=O)c1ccc(-c2cc(Cl)c3c(c2)CC(CNC(=O)CCC=C(C)c2cccnc2)O3)s1. The van der Waals surface area contributed by atoms with Gasteiger partial charge in [0.25, 0.3) is 0 Å². The maximum atomic E-state index is 12.3. The van der Waals surface area contributed by atoms with Gasteiger partial charge in [0.15, 0.2) is 5.78 Å². The van der Waals surface area contributed by atoms with Crippen molar-refractivity contribution < 1.29 is 14.3 Å². The van der Waals surface area contributed by atoms with Gasteiger partial charge < -0.3 is 10.1 Å². The molecule has 5 nitrogen and oxygen atoms in total. The highest BCUT2D eigenvalue weighted by molar-refractivity contribution is 7.17. The monoisotopic (exact) mass is 480 g/mol. The molecule has 0 spiro atoms. The van der Waals surface area contributed by atoms with Crippen LogP contribution in [0, 0.1) is 0 Å². The number of hydrogen-bond acceptors (Lipinski definition) is 5. The lowest BCUT2D eigenvalue weighted by Gasteiger charge is -2.12. The zero-order chi connectivity index (χ0) is 23.4. The number of fused-ring (bicyclic) bond motifs is 1. The molecule has 170 valence electrons. The van der Waals surface area contributed by atoms with Crippen molar-refractivity contribution in [2.45, 2.75) is 39.2 Å². The highest BCUT2D eigenvalue weighted by Crippen LogP contribution is 2.41. The van der Waals surface area contributed by atoms with E-state index in [2.05, 4.69) is 22.4 Å². The van der Waals surface area contributed by atoms with Gasteiger partial charge in [-0.2, -0.15) is 0 Å². The van der Waals surface area contributed by atoms with Crippen LogP contribution in [0.1, 0.15) is 47.5 Å². The van der Waals surface area contributed by atoms with Crippen molar-refractivity contribution in [3.63, 3.8) is 0 Å². The molecule has 1 atom stereocenters. The Labute approximate surface area is 202 Å². The Bertz CT molecular complexity index is 1200. The molecule has 1 aliphatic heterocycles. The second-order valence-corrected chi connectivity index (χ2v) is 9.57. The van der Waals surface area contributed by atoms with E-state index in [1.165, 1.54) is 11.3 Å². The Hall–Kier alpha value is -2.96. The van der Waals surface area contributed by atoms with E-state index in [1.54, 1.807) is 13.1 Å². The van der Waals surface area contributed by atoms with Gasteiger partial charge in [0.05, 0.1) is 16.4 Å². The van der Waals surface area contributed by atoms with Gasteiger partial charge in [-0.3, -0.25) is 14.6 Å². The van der Waals surface area contributed by atoms with Gasteiger partial charge in [0, 0.05) is 35.7 Å². The first kappa shape index (κ1) is 23.2. The third-order valence-electron chi connectivity index (χ3n) is 5.56. The van der Waals surface area contributed by atoms with Crippen LogP contribution in [-0.2, 0) is 11.2 Å². The highest BCUT2D eigenvalue weighted by Gasteiger charge is 2.26. The molecule has 2 aromatic heterocycles. The fraction of sp³-hybridized carbons (Fsp3) is 0.269. The zero-order valence-electron chi connectivity index (χ0n) is 18.6. The Morgan fingerprint density at radius 3 is 2.85 bits per heavy atom. The van der Waals surface area contributed by atoms with Crippen molar-refractivity contribution in [2.24, 2.45) is 0 Å². The molecular formula is C26H25ClN2O3S. The summed E-state index contributed by atoms with van der Waals surface area (Å²) < 4.78 is 6.01. The molecule has 0 fully saturated rings. The van der Waals surface area contributed by atoms with E-state index >= 15 is 0 Å². The average molecular weight is 481 g/mol. The van der Waals surface area contributed by atoms with Crippen LogP contribution in [0.4, 0.5) is 0 Å². The molecule has 1 unspecified atom stereocenters. The van der Waals surface area contributed by atoms with Crippen LogP contribution < -0.4 is 10.1 Å². The molecule has 0 aliphatic carbocycles. The van der Waals surface area contributed by atoms with Crippen molar-refractivity contribution in [2.75, 3.05) is 6.54 Å². The van der Waals surface area contributed by atoms with E-state index in [0.717, 1.165) is 32.0 Å². The molecule has 3 heterocycles. The van der Waals surface area contributed by atoms with Crippen LogP contribution >= 0.6 is 22.9 Å². The van der Waals surface area contributed by atoms with Gasteiger partial charge >= 0.3 is 0 Å². The molecule has 3 aromatic rings. The van der Waals surface area contributed by atoms with Gasteiger partial charge in [-0.15, -0.1) is 11.3 Å². The molecule has 0 radical (unpaired) electrons. The number of nitrogens with zero attached hydrogens (tertiary/aromatic N) is 1. The summed E-state index contributed by atoms with van der Waals surface area (Å²) in [6.07, 6.45) is 7.22. The summed E-state index contributed by atoms with van der Waals surface area (Å²) in [6, 6.07) is 11.6. The summed E-state index contributed by atoms with van der Waals surface area (Å²) in [5.74, 6) is 0.727. The predicted molar refractivity (Wildman–Crippen MR) is 133 cm³/mol. The Kier molecular flexibility index (Phi) is 7.26. The van der Waals surface area contributed by atoms with Gasteiger partial charge in [0.1, 0.15) is 11.9 Å². The fourth-order valence-electron chi connectivity index (χ4n) is 3.78. The van der Waals surface area contributed by atoms with Crippen LogP contribution in [0.5, 0.6) is 5.75 Å². The molecule has 33 heavy (non-hydrogen) atoms. The first-order valence-electron chi connectivity index (χ1n) is 10.8. The van der Waals surface area contributed by atoms with Crippen molar-refractivity contribution >= 4 is 40.2 Å². The smallest absolute Gasteiger partial charge is 0.220 e. The molecular weight excluding hydrogens is 456 g/mol. The minimum Gasteiger partial charge on any atom is -0.486 e. The molecule has 1 aliphatic rings. The summed E-state index contributed by atoms with van der Waals surface area (Å²) >= 11 is 7.94. The predicted octanol–water partition coefficient (Wildman–Crippen LogP) is 5.97. The summed E-state index contributed by atoms with van der Waals surface area (Å²) in [6.45, 7) is 4.02. The summed E-state index contributed by atoms with van der Waals surface area (Å²) in [7, 11) is 0. The number of ether oxygens (including phenoxy) is 1. The Morgan fingerprint density at radius 2 is 2.12 bits per heavy atom. The number of aromatic nitrogens is 1. The second-order valence-electron chi connectivity index (χ2n) is 8.08. The van der Waals surface area contributed by atoms with Crippen molar-refractivity contribution in [3.8, 4) is 16.2 Å². The number of carbonyl (C=O) groups excluding carboxylic acids is 2. The summed E-state index contributed by atoms with van der Waals surface area (Å²) in [5, 5.41) is 3.52. The van der Waals surface area contributed by atoms with Gasteiger partial charge in [-0.05, 0) is 67.3 Å². The number of pyridine rings is 1. The van der Waals surface area contributed by atoms with Gasteiger partial charge in [-0.1, -0.05) is 23.7 Å². The van der Waals surface area contributed by atoms with E-state index in [9.17, 15) is 9.59 Å². The number of halogens is 1. The number of carbonyl (C=O) groups is 2. The number of ketones is 1. The van der Waals surface area contributed by atoms with E-state index in [0.29, 0.717) is 36.6 Å². The van der Waals surface area contributed by atoms with Crippen molar-refractivity contribution in [1.29, 1.82) is 0 Å². The molecule has 0 bridgehead atoms. The van der Waals surface area contributed by atoms with Gasteiger partial charge in [0.2, 0.25) is 5.91 Å². The number of benzene rings is 1. The standard InChI is InChI=1S/C26H25ClN2O3S/c1-16(18-6-4-10-28-14-18)5-3-7-25(31)29-15-21-12-20-11-19(13-22(27)26(20)32-21)24-9-8-23(33-24)17(2)30/h4-6,8-11,13-14,21H,3,7,12,15H2,1-2H3,(H,29,31). The quantitative estimate of drug-likeness (QED) is 0.403. The van der Waals surface area contributed by atoms with Crippen molar-refractivity contribution in [3.05, 3.63) is 75.9 Å². The number of hydrogen-bond donors (Lipinski definition) is 1. The molecule has 7 heteroatoms. The van der Waals surface area contributed by atoms with E-state index in [1.807, 2.05) is 43.5 Å². The van der Waals surface area contributed by atoms with Crippen LogP contribution in [0.2, 0.25) is 5.02 Å². The average Bonchev–Trinajstić information content (AvgIpc) is 3.46. The number of thiophene rings is 1. The molecule has 0 saturated carbocycles. The van der Waals surface area contributed by atoms with Crippen LogP contribution in [0.3, 0.4) is 0 Å². The molecule has 4 rings (SSSR count). The summed E-state index contributed by atoms with van der Waals surface area (Å²) in [4.78, 5) is 29.7. The molecule has 0 saturated heterocycles.